The number of nitrogens with zero attached hydrogens (tertiary/aromatic N) is 3. The van der Waals surface area contributed by atoms with E-state index in [9.17, 15) is 4.79 Å². The van der Waals surface area contributed by atoms with E-state index in [4.69, 9.17) is 5.84 Å². The van der Waals surface area contributed by atoms with Gasteiger partial charge in [0.1, 0.15) is 0 Å². The average Bonchev–Trinajstić information content (AvgIpc) is 3.00. The van der Waals surface area contributed by atoms with Crippen LogP contribution in [0.15, 0.2) is 47.6 Å². The summed E-state index contributed by atoms with van der Waals surface area (Å²) in [5.74, 6) is 5.84. The fourth-order valence-corrected chi connectivity index (χ4v) is 3.38. The Kier molecular flexibility index (Phi) is 5.20. The minimum atomic E-state index is -0.253. The molecule has 3 rings (SSSR count). The van der Waals surface area contributed by atoms with Crippen molar-refractivity contribution in [2.45, 2.75) is 18.1 Å². The topological polar surface area (TPSA) is 97.9 Å². The lowest BCUT2D eigenvalue weighted by molar-refractivity contribution is -0.118. The second-order valence-electron chi connectivity index (χ2n) is 5.65. The maximum absolute atomic E-state index is 11.3. The highest BCUT2D eigenvalue weighted by Gasteiger charge is 2.17. The molecule has 0 fully saturated rings. The first-order chi connectivity index (χ1) is 12.1. The van der Waals surface area contributed by atoms with Gasteiger partial charge in [-0.25, -0.2) is 5.84 Å². The lowest BCUT2D eigenvalue weighted by atomic mass is 10.1. The van der Waals surface area contributed by atoms with Crippen LogP contribution in [-0.2, 0) is 11.8 Å². The van der Waals surface area contributed by atoms with Gasteiger partial charge >= 0.3 is 0 Å². The first-order valence-corrected chi connectivity index (χ1v) is 8.84. The first-order valence-electron chi connectivity index (χ1n) is 7.86. The van der Waals surface area contributed by atoms with Crippen LogP contribution in [0.3, 0.4) is 0 Å². The van der Waals surface area contributed by atoms with Gasteiger partial charge in [-0.2, -0.15) is 0 Å². The van der Waals surface area contributed by atoms with Crippen molar-refractivity contribution in [3.63, 3.8) is 0 Å². The minimum Gasteiger partial charge on any atom is -0.375 e. The Hall–Kier alpha value is -2.58. The first kappa shape index (κ1) is 17.2. The van der Waals surface area contributed by atoms with Gasteiger partial charge in [-0.3, -0.25) is 10.2 Å². The number of fused-ring (bicyclic) bond motifs is 1. The van der Waals surface area contributed by atoms with Gasteiger partial charge in [0.15, 0.2) is 11.0 Å². The third kappa shape index (κ3) is 3.75. The predicted molar refractivity (Wildman–Crippen MR) is 100 cm³/mol. The molecule has 130 valence electrons. The number of nitrogens with one attached hydrogen (secondary N) is 2. The molecule has 1 heterocycles. The van der Waals surface area contributed by atoms with Crippen molar-refractivity contribution >= 4 is 34.1 Å². The summed E-state index contributed by atoms with van der Waals surface area (Å²) in [7, 11) is 1.89. The average molecular weight is 356 g/mol. The number of carbonyl (C=O) groups is 1. The Morgan fingerprint density at radius 1 is 1.24 bits per heavy atom. The molecule has 0 saturated carbocycles. The lowest BCUT2D eigenvalue weighted by Crippen LogP contribution is -2.31. The number of hydrogen-bond donors (Lipinski definition) is 3. The van der Waals surface area contributed by atoms with Crippen LogP contribution in [-0.4, -0.2) is 26.4 Å². The molecule has 25 heavy (non-hydrogen) atoms. The maximum Gasteiger partial charge on any atom is 0.244 e. The van der Waals surface area contributed by atoms with Crippen LogP contribution in [0.4, 0.5) is 5.69 Å². The van der Waals surface area contributed by atoms with Crippen LogP contribution >= 0.6 is 11.8 Å². The molecule has 1 atom stereocenters. The Labute approximate surface area is 150 Å². The molecular weight excluding hydrogens is 336 g/mol. The molecule has 4 N–H and O–H groups in total. The minimum absolute atomic E-state index is 0.0407. The number of hydrogen-bond acceptors (Lipinski definition) is 6. The largest absolute Gasteiger partial charge is 0.375 e. The van der Waals surface area contributed by atoms with Gasteiger partial charge in [0.25, 0.3) is 0 Å². The highest BCUT2D eigenvalue weighted by molar-refractivity contribution is 7.99. The van der Waals surface area contributed by atoms with Gasteiger partial charge in [0.05, 0.1) is 11.8 Å². The highest BCUT2D eigenvalue weighted by Crippen LogP contribution is 2.27. The van der Waals surface area contributed by atoms with Crippen LogP contribution in [0.2, 0.25) is 0 Å². The molecule has 0 unspecified atom stereocenters. The molecule has 0 spiro atoms. The van der Waals surface area contributed by atoms with Crippen LogP contribution in [0.25, 0.3) is 10.8 Å². The molecule has 7 nitrogen and oxygen atoms in total. The van der Waals surface area contributed by atoms with Gasteiger partial charge in [-0.1, -0.05) is 48.2 Å². The summed E-state index contributed by atoms with van der Waals surface area (Å²) in [4.78, 5) is 11.3. The molecule has 1 aromatic heterocycles. The van der Waals surface area contributed by atoms with E-state index in [2.05, 4.69) is 45.2 Å². The normalized spacial score (nSPS) is 12.1. The fraction of sp³-hybridized carbons (Fsp3) is 0.235. The zero-order chi connectivity index (χ0) is 17.8. The second-order valence-corrected chi connectivity index (χ2v) is 6.59. The number of carbonyl (C=O) groups excluding carboxylic acids is 1. The van der Waals surface area contributed by atoms with E-state index in [0.717, 1.165) is 16.9 Å². The molecule has 0 aliphatic heterocycles. The number of anilines is 1. The zero-order valence-electron chi connectivity index (χ0n) is 14.1. The third-order valence-electron chi connectivity index (χ3n) is 3.91. The molecule has 3 aromatic rings. The standard InChI is InChI=1S/C17H20N6OS/c1-11(16-21-22-17(23(16)2)25-10-15(24)20-18)19-14-9-5-7-12-6-3-4-8-13(12)14/h3-9,11,19H,10,18H2,1-2H3,(H,20,24)/t11-/m1/s1. The molecule has 8 heteroatoms. The van der Waals surface area contributed by atoms with Crippen LogP contribution in [0.5, 0.6) is 0 Å². The lowest BCUT2D eigenvalue weighted by Gasteiger charge is -2.16. The molecule has 0 radical (unpaired) electrons. The van der Waals surface area contributed by atoms with E-state index in [1.807, 2.05) is 36.7 Å². The number of aromatic nitrogens is 3. The van der Waals surface area contributed by atoms with Gasteiger partial charge in [0.2, 0.25) is 5.91 Å². The number of benzene rings is 2. The molecular formula is C17H20N6OS. The Balaban J connectivity index is 1.78. The van der Waals surface area contributed by atoms with Crippen LogP contribution in [0.1, 0.15) is 18.8 Å². The van der Waals surface area contributed by atoms with E-state index in [1.165, 1.54) is 17.1 Å². The van der Waals surface area contributed by atoms with E-state index >= 15 is 0 Å². The Morgan fingerprint density at radius 2 is 2.00 bits per heavy atom. The number of hydrazine groups is 1. The fourth-order valence-electron chi connectivity index (χ4n) is 2.65. The Morgan fingerprint density at radius 3 is 2.80 bits per heavy atom. The molecule has 0 saturated heterocycles. The number of nitrogens with two attached hydrogens (primary N) is 1. The van der Waals surface area contributed by atoms with Crippen molar-refractivity contribution in [1.29, 1.82) is 0 Å². The monoisotopic (exact) mass is 356 g/mol. The van der Waals surface area contributed by atoms with Crippen LogP contribution in [0, 0.1) is 0 Å². The van der Waals surface area contributed by atoms with Crippen molar-refractivity contribution in [2.24, 2.45) is 12.9 Å². The van der Waals surface area contributed by atoms with Gasteiger partial charge < -0.3 is 9.88 Å². The summed E-state index contributed by atoms with van der Waals surface area (Å²) in [5.41, 5.74) is 3.15. The van der Waals surface area contributed by atoms with E-state index in [-0.39, 0.29) is 17.7 Å². The summed E-state index contributed by atoms with van der Waals surface area (Å²) in [6.07, 6.45) is 0. The summed E-state index contributed by atoms with van der Waals surface area (Å²) in [6, 6.07) is 14.4. The van der Waals surface area contributed by atoms with E-state index in [1.54, 1.807) is 0 Å². The van der Waals surface area contributed by atoms with Crippen molar-refractivity contribution in [2.75, 3.05) is 11.1 Å². The highest BCUT2D eigenvalue weighted by atomic mass is 32.2. The third-order valence-corrected chi connectivity index (χ3v) is 4.93. The van der Waals surface area contributed by atoms with E-state index < -0.39 is 0 Å². The summed E-state index contributed by atoms with van der Waals surface area (Å²) >= 11 is 1.30. The molecule has 0 aliphatic carbocycles. The smallest absolute Gasteiger partial charge is 0.244 e. The molecule has 0 aliphatic rings. The van der Waals surface area contributed by atoms with Crippen molar-refractivity contribution < 1.29 is 4.79 Å². The quantitative estimate of drug-likeness (QED) is 0.271. The number of thioether (sulfide) groups is 1. The van der Waals surface area contributed by atoms with Crippen molar-refractivity contribution in [3.05, 3.63) is 48.3 Å². The van der Waals surface area contributed by atoms with Crippen molar-refractivity contribution in [1.82, 2.24) is 20.2 Å². The summed E-state index contributed by atoms with van der Waals surface area (Å²) < 4.78 is 1.89. The Bertz CT molecular complexity index is 888. The molecule has 0 bridgehead atoms. The SMILES string of the molecule is C[C@@H](Nc1cccc2ccccc12)c1nnc(SCC(=O)NN)n1C. The number of rotatable bonds is 6. The van der Waals surface area contributed by atoms with Crippen LogP contribution < -0.4 is 16.6 Å². The summed E-state index contributed by atoms with van der Waals surface area (Å²) in [6.45, 7) is 2.03. The van der Waals surface area contributed by atoms with Crippen molar-refractivity contribution in [3.8, 4) is 0 Å². The number of amides is 1. The molecule has 2 aromatic carbocycles. The summed E-state index contributed by atoms with van der Waals surface area (Å²) in [5, 5.41) is 14.9. The zero-order valence-corrected chi connectivity index (χ0v) is 14.9. The van der Waals surface area contributed by atoms with E-state index in [0.29, 0.717) is 5.16 Å². The van der Waals surface area contributed by atoms with Gasteiger partial charge in [0, 0.05) is 18.1 Å². The molecule has 1 amide bonds. The second kappa shape index (κ2) is 7.54. The maximum atomic E-state index is 11.3. The van der Waals surface area contributed by atoms with Gasteiger partial charge in [-0.15, -0.1) is 10.2 Å². The van der Waals surface area contributed by atoms with Gasteiger partial charge in [-0.05, 0) is 18.4 Å². The predicted octanol–water partition coefficient (Wildman–Crippen LogP) is 2.22.